The van der Waals surface area contributed by atoms with Crippen molar-refractivity contribution in [1.29, 1.82) is 0 Å². The van der Waals surface area contributed by atoms with E-state index in [-0.39, 0.29) is 5.69 Å². The van der Waals surface area contributed by atoms with Crippen LogP contribution in [0.2, 0.25) is 0 Å². The van der Waals surface area contributed by atoms with E-state index in [0.29, 0.717) is 28.5 Å². The predicted molar refractivity (Wildman–Crippen MR) is 73.1 cm³/mol. The Labute approximate surface area is 120 Å². The van der Waals surface area contributed by atoms with Crippen molar-refractivity contribution in [2.24, 2.45) is 7.05 Å². The molecule has 1 heterocycles. The highest BCUT2D eigenvalue weighted by molar-refractivity contribution is 5.93. The fourth-order valence-corrected chi connectivity index (χ4v) is 2.04. The first-order valence-electron chi connectivity index (χ1n) is 5.96. The molecule has 0 spiro atoms. The summed E-state index contributed by atoms with van der Waals surface area (Å²) >= 11 is 0. The van der Waals surface area contributed by atoms with Crippen LogP contribution in [0.3, 0.4) is 0 Å². The van der Waals surface area contributed by atoms with Crippen molar-refractivity contribution in [3.63, 3.8) is 0 Å². The molecule has 1 N–H and O–H groups in total. The molecule has 112 valence electrons. The molecule has 0 saturated heterocycles. The molecular formula is C13H15N3O5. The minimum absolute atomic E-state index is 0.147. The Hall–Kier alpha value is -2.77. The number of carboxylic acid groups (broad SMARTS) is 1. The summed E-state index contributed by atoms with van der Waals surface area (Å²) in [6, 6.07) is 3.29. The number of ether oxygens (including phenoxy) is 3. The number of hydrogen-bond acceptors (Lipinski definition) is 6. The summed E-state index contributed by atoms with van der Waals surface area (Å²) in [4.78, 5) is 11.2. The van der Waals surface area contributed by atoms with Gasteiger partial charge in [0.15, 0.2) is 17.2 Å². The van der Waals surface area contributed by atoms with E-state index < -0.39 is 5.97 Å². The number of rotatable bonds is 5. The van der Waals surface area contributed by atoms with Crippen LogP contribution < -0.4 is 14.2 Å². The van der Waals surface area contributed by atoms with Crippen molar-refractivity contribution in [2.45, 2.75) is 0 Å². The summed E-state index contributed by atoms with van der Waals surface area (Å²) < 4.78 is 17.1. The molecule has 0 aliphatic heterocycles. The maximum atomic E-state index is 11.2. The van der Waals surface area contributed by atoms with Gasteiger partial charge in [0.2, 0.25) is 5.75 Å². The normalized spacial score (nSPS) is 10.3. The largest absolute Gasteiger partial charge is 0.493 e. The number of aromatic nitrogens is 3. The van der Waals surface area contributed by atoms with E-state index in [4.69, 9.17) is 14.2 Å². The Morgan fingerprint density at radius 1 is 1.14 bits per heavy atom. The Morgan fingerprint density at radius 3 is 2.14 bits per heavy atom. The van der Waals surface area contributed by atoms with Gasteiger partial charge >= 0.3 is 5.97 Å². The summed E-state index contributed by atoms with van der Waals surface area (Å²) in [6.45, 7) is 0. The standard InChI is InChI=1S/C13H15N3O5/c1-16-11(10(13(17)18)14-15-16)7-5-8(19-2)12(21-4)9(6-7)20-3/h5-6H,1-4H3,(H,17,18). The summed E-state index contributed by atoms with van der Waals surface area (Å²) in [6.07, 6.45) is 0. The molecule has 0 bridgehead atoms. The van der Waals surface area contributed by atoms with Gasteiger partial charge in [-0.05, 0) is 12.1 Å². The molecule has 0 aliphatic carbocycles. The molecule has 21 heavy (non-hydrogen) atoms. The van der Waals surface area contributed by atoms with Crippen LogP contribution in [0.25, 0.3) is 11.3 Å². The Kier molecular flexibility index (Phi) is 3.97. The first-order valence-corrected chi connectivity index (χ1v) is 5.96. The van der Waals surface area contributed by atoms with Crippen LogP contribution >= 0.6 is 0 Å². The number of carboxylic acids is 1. The van der Waals surface area contributed by atoms with Crippen molar-refractivity contribution >= 4 is 5.97 Å². The number of hydrogen-bond donors (Lipinski definition) is 1. The van der Waals surface area contributed by atoms with Crippen LogP contribution in [0.4, 0.5) is 0 Å². The molecule has 1 aromatic carbocycles. The van der Waals surface area contributed by atoms with E-state index in [9.17, 15) is 9.90 Å². The van der Waals surface area contributed by atoms with Crippen molar-refractivity contribution in [1.82, 2.24) is 15.0 Å². The van der Waals surface area contributed by atoms with Gasteiger partial charge in [0.05, 0.1) is 21.3 Å². The number of aromatic carboxylic acids is 1. The molecule has 0 atom stereocenters. The van der Waals surface area contributed by atoms with E-state index in [2.05, 4.69) is 10.3 Å². The molecule has 0 aliphatic rings. The van der Waals surface area contributed by atoms with Gasteiger partial charge in [-0.1, -0.05) is 5.21 Å². The second-order valence-electron chi connectivity index (χ2n) is 4.13. The van der Waals surface area contributed by atoms with Crippen LogP contribution in [0.5, 0.6) is 17.2 Å². The number of benzene rings is 1. The van der Waals surface area contributed by atoms with Crippen molar-refractivity contribution < 1.29 is 24.1 Å². The lowest BCUT2D eigenvalue weighted by Crippen LogP contribution is -2.03. The summed E-state index contributed by atoms with van der Waals surface area (Å²) in [5.74, 6) is 0.108. The highest BCUT2D eigenvalue weighted by Crippen LogP contribution is 2.41. The second kappa shape index (κ2) is 5.70. The molecule has 8 heteroatoms. The molecule has 0 fully saturated rings. The van der Waals surface area contributed by atoms with E-state index in [1.165, 1.54) is 26.0 Å². The second-order valence-corrected chi connectivity index (χ2v) is 4.13. The minimum Gasteiger partial charge on any atom is -0.493 e. The maximum Gasteiger partial charge on any atom is 0.358 e. The van der Waals surface area contributed by atoms with Gasteiger partial charge < -0.3 is 19.3 Å². The SMILES string of the molecule is COc1cc(-c2c(C(=O)O)nnn2C)cc(OC)c1OC. The monoisotopic (exact) mass is 293 g/mol. The van der Waals surface area contributed by atoms with Crippen LogP contribution in [0, 0.1) is 0 Å². The van der Waals surface area contributed by atoms with E-state index >= 15 is 0 Å². The van der Waals surface area contributed by atoms with Gasteiger partial charge in [-0.3, -0.25) is 0 Å². The molecule has 0 saturated carbocycles. The molecule has 8 nitrogen and oxygen atoms in total. The van der Waals surface area contributed by atoms with Crippen LogP contribution in [0.15, 0.2) is 12.1 Å². The first-order chi connectivity index (χ1) is 10.0. The number of nitrogens with zero attached hydrogens (tertiary/aromatic N) is 3. The predicted octanol–water partition coefficient (Wildman–Crippen LogP) is 1.21. The minimum atomic E-state index is -1.16. The number of carbonyl (C=O) groups is 1. The van der Waals surface area contributed by atoms with Gasteiger partial charge in [0, 0.05) is 12.6 Å². The molecule has 0 amide bonds. The summed E-state index contributed by atoms with van der Waals surface area (Å²) in [5.41, 5.74) is 0.753. The third kappa shape index (κ3) is 2.47. The van der Waals surface area contributed by atoms with Crippen molar-refractivity contribution in [3.8, 4) is 28.5 Å². The third-order valence-corrected chi connectivity index (χ3v) is 2.97. The zero-order chi connectivity index (χ0) is 15.6. The Balaban J connectivity index is 2.70. The third-order valence-electron chi connectivity index (χ3n) is 2.97. The first kappa shape index (κ1) is 14.6. The van der Waals surface area contributed by atoms with Gasteiger partial charge in [0.1, 0.15) is 5.69 Å². The van der Waals surface area contributed by atoms with E-state index in [1.54, 1.807) is 19.2 Å². The average Bonchev–Trinajstić information content (AvgIpc) is 2.87. The van der Waals surface area contributed by atoms with Gasteiger partial charge in [-0.15, -0.1) is 5.10 Å². The zero-order valence-corrected chi connectivity index (χ0v) is 12.1. The summed E-state index contributed by atoms with van der Waals surface area (Å²) in [7, 11) is 6.08. The van der Waals surface area contributed by atoms with E-state index in [1.807, 2.05) is 0 Å². The number of methoxy groups -OCH3 is 3. The fraction of sp³-hybridized carbons (Fsp3) is 0.308. The summed E-state index contributed by atoms with van der Waals surface area (Å²) in [5, 5.41) is 16.6. The molecule has 1 aromatic heterocycles. The maximum absolute atomic E-state index is 11.2. The Bertz CT molecular complexity index is 655. The smallest absolute Gasteiger partial charge is 0.358 e. The zero-order valence-electron chi connectivity index (χ0n) is 12.1. The Morgan fingerprint density at radius 2 is 1.71 bits per heavy atom. The highest BCUT2D eigenvalue weighted by atomic mass is 16.5. The lowest BCUT2D eigenvalue weighted by Gasteiger charge is -2.14. The van der Waals surface area contributed by atoms with Crippen molar-refractivity contribution in [3.05, 3.63) is 17.8 Å². The lowest BCUT2D eigenvalue weighted by molar-refractivity contribution is 0.0691. The topological polar surface area (TPSA) is 95.7 Å². The number of aryl methyl sites for hydroxylation is 1. The quantitative estimate of drug-likeness (QED) is 0.885. The molecule has 0 radical (unpaired) electrons. The highest BCUT2D eigenvalue weighted by Gasteiger charge is 2.22. The lowest BCUT2D eigenvalue weighted by atomic mass is 10.1. The molecule has 0 unspecified atom stereocenters. The van der Waals surface area contributed by atoms with E-state index in [0.717, 1.165) is 0 Å². The fourth-order valence-electron chi connectivity index (χ4n) is 2.04. The van der Waals surface area contributed by atoms with Crippen LogP contribution in [0.1, 0.15) is 10.5 Å². The molecule has 2 aromatic rings. The van der Waals surface area contributed by atoms with Gasteiger partial charge in [0.25, 0.3) is 0 Å². The average molecular weight is 293 g/mol. The van der Waals surface area contributed by atoms with Crippen LogP contribution in [-0.2, 0) is 7.05 Å². The van der Waals surface area contributed by atoms with Gasteiger partial charge in [-0.25, -0.2) is 9.48 Å². The van der Waals surface area contributed by atoms with Crippen LogP contribution in [-0.4, -0.2) is 47.4 Å². The van der Waals surface area contributed by atoms with Gasteiger partial charge in [-0.2, -0.15) is 0 Å². The van der Waals surface area contributed by atoms with Crippen molar-refractivity contribution in [2.75, 3.05) is 21.3 Å². The molecule has 2 rings (SSSR count). The molecular weight excluding hydrogens is 278 g/mol.